The minimum atomic E-state index is -0.426. The fourth-order valence-electron chi connectivity index (χ4n) is 0.999. The number of nitrogens with zero attached hydrogens (tertiary/aromatic N) is 1. The Morgan fingerprint density at radius 1 is 1.71 bits per heavy atom. The van der Waals surface area contributed by atoms with E-state index in [1.54, 1.807) is 24.4 Å². The van der Waals surface area contributed by atoms with Crippen LogP contribution in [-0.2, 0) is 4.74 Å². The van der Waals surface area contributed by atoms with Crippen molar-refractivity contribution in [1.82, 2.24) is 4.98 Å². The summed E-state index contributed by atoms with van der Waals surface area (Å²) >= 11 is 4.04. The van der Waals surface area contributed by atoms with Gasteiger partial charge in [-0.1, -0.05) is 18.2 Å². The Morgan fingerprint density at radius 2 is 2.50 bits per heavy atom. The molecule has 1 rings (SSSR count). The highest BCUT2D eigenvalue weighted by Crippen LogP contribution is 2.08. The van der Waals surface area contributed by atoms with E-state index in [1.165, 1.54) is 7.11 Å². The molecule has 1 aromatic heterocycles. The van der Waals surface area contributed by atoms with Crippen LogP contribution in [0.5, 0.6) is 0 Å². The Bertz CT molecular complexity index is 350. The Balaban J connectivity index is 3.03. The van der Waals surface area contributed by atoms with Crippen LogP contribution in [0.15, 0.2) is 24.4 Å². The third kappa shape index (κ3) is 2.60. The Kier molecular flexibility index (Phi) is 4.19. The van der Waals surface area contributed by atoms with Crippen molar-refractivity contribution in [3.05, 3.63) is 35.7 Å². The number of ether oxygens (including phenoxy) is 1. The number of carbonyl (C=O) groups is 1. The lowest BCUT2D eigenvalue weighted by Crippen LogP contribution is -2.06. The van der Waals surface area contributed by atoms with E-state index in [9.17, 15) is 4.79 Å². The van der Waals surface area contributed by atoms with E-state index in [-0.39, 0.29) is 0 Å². The highest BCUT2D eigenvalue weighted by atomic mass is 32.1. The number of pyridine rings is 1. The molecule has 0 saturated heterocycles. The van der Waals surface area contributed by atoms with Gasteiger partial charge in [-0.15, -0.1) is 0 Å². The molecule has 0 aromatic carbocycles. The smallest absolute Gasteiger partial charge is 0.357 e. The van der Waals surface area contributed by atoms with Crippen LogP contribution in [0.2, 0.25) is 0 Å². The van der Waals surface area contributed by atoms with Crippen LogP contribution in [0.1, 0.15) is 16.1 Å². The van der Waals surface area contributed by atoms with Gasteiger partial charge >= 0.3 is 5.97 Å². The van der Waals surface area contributed by atoms with Gasteiger partial charge in [0.1, 0.15) is 0 Å². The maximum absolute atomic E-state index is 11.3. The van der Waals surface area contributed by atoms with Gasteiger partial charge in [-0.2, -0.15) is 12.6 Å². The standard InChI is InChI=1S/C10H11NO2S/c1-13-10(12)9-8(5-3-7-14)4-2-6-11-9/h2-6,14H,7H2,1H3. The first-order valence-electron chi connectivity index (χ1n) is 4.10. The van der Waals surface area contributed by atoms with Gasteiger partial charge in [-0.05, 0) is 6.07 Å². The maximum Gasteiger partial charge on any atom is 0.357 e. The fourth-order valence-corrected chi connectivity index (χ4v) is 1.10. The van der Waals surface area contributed by atoms with E-state index in [4.69, 9.17) is 0 Å². The van der Waals surface area contributed by atoms with Crippen molar-refractivity contribution in [2.24, 2.45) is 0 Å². The first kappa shape index (κ1) is 10.8. The molecule has 4 heteroatoms. The third-order valence-electron chi connectivity index (χ3n) is 1.62. The monoisotopic (exact) mass is 209 g/mol. The molecular formula is C10H11NO2S. The lowest BCUT2D eigenvalue weighted by Gasteiger charge is -2.01. The molecule has 0 unspecified atom stereocenters. The van der Waals surface area contributed by atoms with E-state index in [1.807, 2.05) is 6.08 Å². The SMILES string of the molecule is COC(=O)c1ncccc1C=CCS. The number of methoxy groups -OCH3 is 1. The molecule has 1 aromatic rings. The van der Waals surface area contributed by atoms with Crippen LogP contribution < -0.4 is 0 Å². The predicted molar refractivity (Wildman–Crippen MR) is 58.5 cm³/mol. The van der Waals surface area contributed by atoms with E-state index in [0.717, 1.165) is 5.56 Å². The van der Waals surface area contributed by atoms with Crippen molar-refractivity contribution in [3.8, 4) is 0 Å². The van der Waals surface area contributed by atoms with Gasteiger partial charge in [-0.3, -0.25) is 0 Å². The molecule has 0 aliphatic carbocycles. The van der Waals surface area contributed by atoms with E-state index < -0.39 is 5.97 Å². The minimum absolute atomic E-state index is 0.327. The van der Waals surface area contributed by atoms with Crippen LogP contribution in [0.25, 0.3) is 6.08 Å². The van der Waals surface area contributed by atoms with Crippen LogP contribution in [0.3, 0.4) is 0 Å². The molecule has 1 heterocycles. The summed E-state index contributed by atoms with van der Waals surface area (Å²) in [6.07, 6.45) is 5.20. The van der Waals surface area contributed by atoms with Crippen molar-refractivity contribution in [1.29, 1.82) is 0 Å². The molecule has 74 valence electrons. The molecule has 0 N–H and O–H groups in total. The lowest BCUT2D eigenvalue weighted by atomic mass is 10.2. The van der Waals surface area contributed by atoms with Crippen LogP contribution in [-0.4, -0.2) is 23.8 Å². The van der Waals surface area contributed by atoms with Gasteiger partial charge in [0, 0.05) is 17.5 Å². The molecule has 0 aliphatic rings. The topological polar surface area (TPSA) is 39.2 Å². The summed E-state index contributed by atoms with van der Waals surface area (Å²) in [6, 6.07) is 3.57. The average molecular weight is 209 g/mol. The first-order chi connectivity index (χ1) is 6.79. The lowest BCUT2D eigenvalue weighted by molar-refractivity contribution is 0.0594. The average Bonchev–Trinajstić information content (AvgIpc) is 2.25. The molecule has 0 spiro atoms. The summed E-state index contributed by atoms with van der Waals surface area (Å²) in [7, 11) is 1.34. The van der Waals surface area contributed by atoms with Crippen LogP contribution >= 0.6 is 12.6 Å². The van der Waals surface area contributed by atoms with Gasteiger partial charge in [0.2, 0.25) is 0 Å². The Morgan fingerprint density at radius 3 is 3.14 bits per heavy atom. The number of esters is 1. The number of thiol groups is 1. The zero-order valence-corrected chi connectivity index (χ0v) is 8.70. The number of rotatable bonds is 3. The number of hydrogen-bond donors (Lipinski definition) is 1. The van der Waals surface area contributed by atoms with Gasteiger partial charge in [0.05, 0.1) is 7.11 Å². The van der Waals surface area contributed by atoms with Crippen LogP contribution in [0, 0.1) is 0 Å². The van der Waals surface area contributed by atoms with E-state index in [0.29, 0.717) is 11.4 Å². The number of hydrogen-bond acceptors (Lipinski definition) is 4. The summed E-state index contributed by atoms with van der Waals surface area (Å²) in [5, 5.41) is 0. The van der Waals surface area contributed by atoms with Crippen molar-refractivity contribution >= 4 is 24.7 Å². The van der Waals surface area contributed by atoms with Crippen molar-refractivity contribution in [3.63, 3.8) is 0 Å². The largest absolute Gasteiger partial charge is 0.464 e. The van der Waals surface area contributed by atoms with Gasteiger partial charge in [-0.25, -0.2) is 9.78 Å². The summed E-state index contributed by atoms with van der Waals surface area (Å²) in [6.45, 7) is 0. The Labute approximate surface area is 88.2 Å². The van der Waals surface area contributed by atoms with Crippen molar-refractivity contribution in [2.45, 2.75) is 0 Å². The molecule has 0 fully saturated rings. The zero-order chi connectivity index (χ0) is 10.4. The quantitative estimate of drug-likeness (QED) is 0.609. The number of aromatic nitrogens is 1. The highest BCUT2D eigenvalue weighted by Gasteiger charge is 2.09. The maximum atomic E-state index is 11.3. The second kappa shape index (κ2) is 5.44. The molecule has 0 radical (unpaired) electrons. The third-order valence-corrected chi connectivity index (χ3v) is 1.83. The molecular weight excluding hydrogens is 198 g/mol. The molecule has 14 heavy (non-hydrogen) atoms. The number of carbonyl (C=O) groups excluding carboxylic acids is 1. The van der Waals surface area contributed by atoms with E-state index in [2.05, 4.69) is 22.3 Å². The van der Waals surface area contributed by atoms with E-state index >= 15 is 0 Å². The van der Waals surface area contributed by atoms with Crippen molar-refractivity contribution in [2.75, 3.05) is 12.9 Å². The molecule has 3 nitrogen and oxygen atoms in total. The molecule has 0 saturated carbocycles. The van der Waals surface area contributed by atoms with Gasteiger partial charge in [0.15, 0.2) is 5.69 Å². The first-order valence-corrected chi connectivity index (χ1v) is 4.73. The summed E-state index contributed by atoms with van der Waals surface area (Å²) in [5.41, 5.74) is 1.07. The minimum Gasteiger partial charge on any atom is -0.464 e. The van der Waals surface area contributed by atoms with Crippen LogP contribution in [0.4, 0.5) is 0 Å². The predicted octanol–water partition coefficient (Wildman–Crippen LogP) is 1.81. The second-order valence-electron chi connectivity index (χ2n) is 2.52. The molecule has 0 atom stereocenters. The van der Waals surface area contributed by atoms with Gasteiger partial charge < -0.3 is 4.74 Å². The molecule has 0 bridgehead atoms. The summed E-state index contributed by atoms with van der Waals surface area (Å²) in [5.74, 6) is 0.194. The highest BCUT2D eigenvalue weighted by molar-refractivity contribution is 7.80. The fraction of sp³-hybridized carbons (Fsp3) is 0.200. The molecule has 0 aliphatic heterocycles. The van der Waals surface area contributed by atoms with Crippen molar-refractivity contribution < 1.29 is 9.53 Å². The summed E-state index contributed by atoms with van der Waals surface area (Å²) < 4.78 is 4.60. The van der Waals surface area contributed by atoms with Gasteiger partial charge in [0.25, 0.3) is 0 Å². The Hall–Kier alpha value is -1.29. The zero-order valence-electron chi connectivity index (χ0n) is 7.80. The molecule has 0 amide bonds. The summed E-state index contributed by atoms with van der Waals surface area (Å²) in [4.78, 5) is 15.2. The second-order valence-corrected chi connectivity index (χ2v) is 2.88. The normalized spacial score (nSPS) is 10.4.